The van der Waals surface area contributed by atoms with Crippen LogP contribution >= 0.6 is 22.9 Å². The van der Waals surface area contributed by atoms with Crippen molar-refractivity contribution in [3.63, 3.8) is 0 Å². The smallest absolute Gasteiger partial charge is 0.342 e. The van der Waals surface area contributed by atoms with Crippen LogP contribution < -0.4 is 0 Å². The van der Waals surface area contributed by atoms with Gasteiger partial charge in [0.05, 0.1) is 16.3 Å². The van der Waals surface area contributed by atoms with Crippen LogP contribution in [-0.4, -0.2) is 14.5 Å². The van der Waals surface area contributed by atoms with Gasteiger partial charge in [-0.15, -0.1) is 11.3 Å². The number of hydrogen-bond donors (Lipinski definition) is 0. The lowest BCUT2D eigenvalue weighted by molar-refractivity contribution is -0.391. The average molecular weight is 244 g/mol. The molecule has 0 saturated carbocycles. The summed E-state index contributed by atoms with van der Waals surface area (Å²) >= 11 is 7.12. The molecule has 0 aromatic carbocycles. The summed E-state index contributed by atoms with van der Waals surface area (Å²) in [6, 6.07) is 3.53. The summed E-state index contributed by atoms with van der Waals surface area (Å²) in [4.78, 5) is 14.9. The average Bonchev–Trinajstić information content (AvgIpc) is 2.71. The summed E-state index contributed by atoms with van der Waals surface area (Å²) in [5.41, 5.74) is 0. The highest BCUT2D eigenvalue weighted by molar-refractivity contribution is 7.19. The van der Waals surface area contributed by atoms with Gasteiger partial charge in [0.1, 0.15) is 6.20 Å². The SMILES string of the molecule is Cn1c([N+](=O)[O-])cnc1-c1ccc(Cl)s1. The van der Waals surface area contributed by atoms with E-state index in [1.165, 1.54) is 22.1 Å². The Kier molecular flexibility index (Phi) is 2.45. The third kappa shape index (κ3) is 1.73. The van der Waals surface area contributed by atoms with E-state index in [1.54, 1.807) is 19.2 Å². The second-order valence-corrected chi connectivity index (χ2v) is 4.57. The summed E-state index contributed by atoms with van der Waals surface area (Å²) in [7, 11) is 1.61. The molecule has 2 aromatic heterocycles. The molecule has 0 N–H and O–H groups in total. The van der Waals surface area contributed by atoms with Crippen molar-refractivity contribution in [1.29, 1.82) is 0 Å². The van der Waals surface area contributed by atoms with Crippen molar-refractivity contribution in [2.75, 3.05) is 0 Å². The zero-order chi connectivity index (χ0) is 11.0. The first kappa shape index (κ1) is 10.1. The van der Waals surface area contributed by atoms with Crippen LogP contribution in [0.4, 0.5) is 5.82 Å². The zero-order valence-corrected chi connectivity index (χ0v) is 9.25. The van der Waals surface area contributed by atoms with E-state index in [0.29, 0.717) is 10.2 Å². The Morgan fingerprint density at radius 3 is 2.80 bits per heavy atom. The van der Waals surface area contributed by atoms with Crippen molar-refractivity contribution in [3.8, 4) is 10.7 Å². The van der Waals surface area contributed by atoms with Crippen LogP contribution in [0.1, 0.15) is 0 Å². The van der Waals surface area contributed by atoms with Crippen molar-refractivity contribution >= 4 is 28.8 Å². The fourth-order valence-electron chi connectivity index (χ4n) is 1.23. The standard InChI is InChI=1S/C8H6ClN3O2S/c1-11-7(12(13)14)4-10-8(11)5-2-3-6(9)15-5/h2-4H,1H3. The van der Waals surface area contributed by atoms with Gasteiger partial charge in [-0.05, 0) is 17.1 Å². The lowest BCUT2D eigenvalue weighted by atomic mass is 10.4. The largest absolute Gasteiger partial charge is 0.358 e. The lowest BCUT2D eigenvalue weighted by Crippen LogP contribution is -1.97. The lowest BCUT2D eigenvalue weighted by Gasteiger charge is -1.95. The van der Waals surface area contributed by atoms with Crippen molar-refractivity contribution in [1.82, 2.24) is 9.55 Å². The maximum atomic E-state index is 10.6. The molecular formula is C8H6ClN3O2S. The molecule has 5 nitrogen and oxygen atoms in total. The molecule has 0 aliphatic carbocycles. The van der Waals surface area contributed by atoms with Crippen LogP contribution in [0.2, 0.25) is 4.34 Å². The molecule has 0 saturated heterocycles. The number of thiophene rings is 1. The summed E-state index contributed by atoms with van der Waals surface area (Å²) in [6.07, 6.45) is 1.24. The van der Waals surface area contributed by atoms with Crippen molar-refractivity contribution in [2.45, 2.75) is 0 Å². The number of halogens is 1. The van der Waals surface area contributed by atoms with E-state index in [0.717, 1.165) is 4.88 Å². The van der Waals surface area contributed by atoms with Crippen LogP contribution in [-0.2, 0) is 7.05 Å². The van der Waals surface area contributed by atoms with E-state index in [-0.39, 0.29) is 5.82 Å². The summed E-state index contributed by atoms with van der Waals surface area (Å²) in [6.45, 7) is 0. The third-order valence-corrected chi connectivity index (χ3v) is 3.17. The Balaban J connectivity index is 2.50. The molecule has 0 radical (unpaired) electrons. The highest BCUT2D eigenvalue weighted by atomic mass is 35.5. The summed E-state index contributed by atoms with van der Waals surface area (Å²) in [5.74, 6) is 0.521. The van der Waals surface area contributed by atoms with Crippen LogP contribution in [0.25, 0.3) is 10.7 Å². The van der Waals surface area contributed by atoms with Gasteiger partial charge in [0, 0.05) is 0 Å². The first-order chi connectivity index (χ1) is 7.09. The van der Waals surface area contributed by atoms with Gasteiger partial charge in [-0.1, -0.05) is 11.6 Å². The van der Waals surface area contributed by atoms with Gasteiger partial charge in [-0.25, -0.2) is 9.55 Å². The van der Waals surface area contributed by atoms with E-state index in [2.05, 4.69) is 4.98 Å². The molecule has 0 aliphatic heterocycles. The van der Waals surface area contributed by atoms with E-state index >= 15 is 0 Å². The Labute approximate surface area is 94.1 Å². The first-order valence-electron chi connectivity index (χ1n) is 4.01. The minimum absolute atomic E-state index is 0.0328. The molecule has 0 fully saturated rings. The normalized spacial score (nSPS) is 10.5. The molecule has 7 heteroatoms. The minimum Gasteiger partial charge on any atom is -0.358 e. The number of aromatic nitrogens is 2. The van der Waals surface area contributed by atoms with Crippen LogP contribution in [0.5, 0.6) is 0 Å². The van der Waals surface area contributed by atoms with Gasteiger partial charge in [0.15, 0.2) is 0 Å². The van der Waals surface area contributed by atoms with E-state index < -0.39 is 4.92 Å². The van der Waals surface area contributed by atoms with Crippen molar-refractivity contribution < 1.29 is 4.92 Å². The molecule has 78 valence electrons. The number of imidazole rings is 1. The predicted octanol–water partition coefficient (Wildman–Crippen LogP) is 2.71. The first-order valence-corrected chi connectivity index (χ1v) is 5.21. The molecule has 2 heterocycles. The molecule has 0 aliphatic rings. The number of rotatable bonds is 2. The Hall–Kier alpha value is -1.40. The second kappa shape index (κ2) is 3.63. The number of nitro groups is 1. The molecule has 0 spiro atoms. The summed E-state index contributed by atoms with van der Waals surface area (Å²) < 4.78 is 2.07. The minimum atomic E-state index is -0.467. The highest BCUT2D eigenvalue weighted by Gasteiger charge is 2.18. The van der Waals surface area contributed by atoms with Gasteiger partial charge in [-0.3, -0.25) is 0 Å². The molecule has 15 heavy (non-hydrogen) atoms. The van der Waals surface area contributed by atoms with Gasteiger partial charge in [-0.2, -0.15) is 0 Å². The molecule has 2 rings (SSSR count). The number of hydrogen-bond acceptors (Lipinski definition) is 4. The third-order valence-electron chi connectivity index (χ3n) is 1.94. The second-order valence-electron chi connectivity index (χ2n) is 2.86. The fourth-order valence-corrected chi connectivity index (χ4v) is 2.31. The highest BCUT2D eigenvalue weighted by Crippen LogP contribution is 2.31. The monoisotopic (exact) mass is 243 g/mol. The van der Waals surface area contributed by atoms with Gasteiger partial charge < -0.3 is 10.1 Å². The maximum absolute atomic E-state index is 10.6. The molecule has 0 amide bonds. The molecule has 2 aromatic rings. The number of nitrogens with zero attached hydrogens (tertiary/aromatic N) is 3. The fraction of sp³-hybridized carbons (Fsp3) is 0.125. The van der Waals surface area contributed by atoms with Crippen molar-refractivity contribution in [2.24, 2.45) is 7.05 Å². The van der Waals surface area contributed by atoms with E-state index in [4.69, 9.17) is 11.6 Å². The summed E-state index contributed by atoms with van der Waals surface area (Å²) in [5, 5.41) is 10.6. The molecular weight excluding hydrogens is 238 g/mol. The zero-order valence-electron chi connectivity index (χ0n) is 7.68. The maximum Gasteiger partial charge on any atom is 0.342 e. The van der Waals surface area contributed by atoms with Crippen LogP contribution in [0.3, 0.4) is 0 Å². The molecule has 0 atom stereocenters. The quantitative estimate of drug-likeness (QED) is 0.602. The van der Waals surface area contributed by atoms with E-state index in [1.807, 2.05) is 0 Å². The van der Waals surface area contributed by atoms with E-state index in [9.17, 15) is 10.1 Å². The van der Waals surface area contributed by atoms with Gasteiger partial charge >= 0.3 is 5.82 Å². The molecule has 0 unspecified atom stereocenters. The Morgan fingerprint density at radius 1 is 1.60 bits per heavy atom. The van der Waals surface area contributed by atoms with Crippen molar-refractivity contribution in [3.05, 3.63) is 32.8 Å². The van der Waals surface area contributed by atoms with Gasteiger partial charge in [0.25, 0.3) is 0 Å². The topological polar surface area (TPSA) is 61.0 Å². The van der Waals surface area contributed by atoms with Gasteiger partial charge in [0.2, 0.25) is 5.82 Å². The molecule has 0 bridgehead atoms. The Bertz CT molecular complexity index is 520. The predicted molar refractivity (Wildman–Crippen MR) is 58.2 cm³/mol. The van der Waals surface area contributed by atoms with Crippen LogP contribution in [0.15, 0.2) is 18.3 Å². The Morgan fingerprint density at radius 2 is 2.33 bits per heavy atom. The van der Waals surface area contributed by atoms with Crippen LogP contribution in [0, 0.1) is 10.1 Å².